The van der Waals surface area contributed by atoms with Crippen LogP contribution in [0, 0.1) is 11.6 Å². The molecular weight excluding hydrogens is 281 g/mol. The fourth-order valence-electron chi connectivity index (χ4n) is 1.69. The standard InChI is InChI=1S/C13H8F5NO/c14-7-1-4-11(15)10(5-7)9-3-2-8(6-12(9)19)20-13(16,17)18/h1-6H,19H2. The van der Waals surface area contributed by atoms with Crippen LogP contribution < -0.4 is 10.5 Å². The van der Waals surface area contributed by atoms with E-state index in [9.17, 15) is 22.0 Å². The molecule has 0 saturated heterocycles. The molecule has 0 spiro atoms. The fourth-order valence-corrected chi connectivity index (χ4v) is 1.69. The van der Waals surface area contributed by atoms with Crippen molar-refractivity contribution in [2.45, 2.75) is 6.36 Å². The second kappa shape index (κ2) is 4.99. The molecule has 0 radical (unpaired) electrons. The topological polar surface area (TPSA) is 35.2 Å². The van der Waals surface area contributed by atoms with Crippen LogP contribution in [0.3, 0.4) is 0 Å². The summed E-state index contributed by atoms with van der Waals surface area (Å²) in [6.07, 6.45) is -4.85. The quantitative estimate of drug-likeness (QED) is 0.667. The van der Waals surface area contributed by atoms with Crippen molar-refractivity contribution in [3.05, 3.63) is 48.0 Å². The lowest BCUT2D eigenvalue weighted by Crippen LogP contribution is -2.17. The highest BCUT2D eigenvalue weighted by molar-refractivity contribution is 5.77. The highest BCUT2D eigenvalue weighted by Crippen LogP contribution is 2.33. The molecule has 0 bridgehead atoms. The van der Waals surface area contributed by atoms with E-state index in [0.29, 0.717) is 0 Å². The molecule has 0 saturated carbocycles. The van der Waals surface area contributed by atoms with Crippen LogP contribution >= 0.6 is 0 Å². The van der Waals surface area contributed by atoms with Gasteiger partial charge in [-0.1, -0.05) is 0 Å². The second-order valence-corrected chi connectivity index (χ2v) is 3.92. The van der Waals surface area contributed by atoms with Crippen LogP contribution in [0.15, 0.2) is 36.4 Å². The maximum Gasteiger partial charge on any atom is 0.573 e. The van der Waals surface area contributed by atoms with Gasteiger partial charge in [-0.05, 0) is 30.3 Å². The Hall–Kier alpha value is -2.31. The van der Waals surface area contributed by atoms with Crippen LogP contribution in [0.1, 0.15) is 0 Å². The zero-order valence-corrected chi connectivity index (χ0v) is 9.84. The number of halogens is 5. The molecule has 0 aliphatic rings. The largest absolute Gasteiger partial charge is 0.573 e. The first kappa shape index (κ1) is 14.1. The maximum absolute atomic E-state index is 13.6. The van der Waals surface area contributed by atoms with Gasteiger partial charge in [-0.15, -0.1) is 13.2 Å². The molecule has 0 aliphatic carbocycles. The summed E-state index contributed by atoms with van der Waals surface area (Å²) < 4.78 is 66.5. The Bertz CT molecular complexity index is 639. The van der Waals surface area contributed by atoms with Crippen molar-refractivity contribution in [2.24, 2.45) is 0 Å². The molecule has 2 rings (SSSR count). The summed E-state index contributed by atoms with van der Waals surface area (Å²) in [5, 5.41) is 0. The molecule has 0 fully saturated rings. The molecular formula is C13H8F5NO. The Labute approximate surface area is 110 Å². The molecule has 20 heavy (non-hydrogen) atoms. The molecule has 0 atom stereocenters. The fraction of sp³-hybridized carbons (Fsp3) is 0.0769. The van der Waals surface area contributed by atoms with Gasteiger partial charge in [0.15, 0.2) is 0 Å². The number of rotatable bonds is 2. The smallest absolute Gasteiger partial charge is 0.406 e. The summed E-state index contributed by atoms with van der Waals surface area (Å²) in [5.41, 5.74) is 5.34. The van der Waals surface area contributed by atoms with E-state index in [4.69, 9.17) is 5.73 Å². The van der Waals surface area contributed by atoms with Gasteiger partial charge in [0.2, 0.25) is 0 Å². The number of alkyl halides is 3. The van der Waals surface area contributed by atoms with Gasteiger partial charge in [-0.3, -0.25) is 0 Å². The van der Waals surface area contributed by atoms with Crippen molar-refractivity contribution >= 4 is 5.69 Å². The molecule has 7 heteroatoms. The van der Waals surface area contributed by atoms with Crippen molar-refractivity contribution in [1.82, 2.24) is 0 Å². The molecule has 0 unspecified atom stereocenters. The molecule has 2 aromatic carbocycles. The van der Waals surface area contributed by atoms with Crippen LogP contribution in [0.5, 0.6) is 5.75 Å². The third-order valence-electron chi connectivity index (χ3n) is 2.48. The van der Waals surface area contributed by atoms with Crippen molar-refractivity contribution in [3.8, 4) is 16.9 Å². The lowest BCUT2D eigenvalue weighted by molar-refractivity contribution is -0.274. The summed E-state index contributed by atoms with van der Waals surface area (Å²) in [5.74, 6) is -1.95. The Kier molecular flexibility index (Phi) is 3.52. The first-order valence-electron chi connectivity index (χ1n) is 5.37. The zero-order chi connectivity index (χ0) is 14.9. The minimum Gasteiger partial charge on any atom is -0.406 e. The van der Waals surface area contributed by atoms with Crippen LogP contribution in [-0.4, -0.2) is 6.36 Å². The van der Waals surface area contributed by atoms with E-state index in [1.165, 1.54) is 0 Å². The van der Waals surface area contributed by atoms with E-state index in [1.807, 2.05) is 0 Å². The summed E-state index contributed by atoms with van der Waals surface area (Å²) in [7, 11) is 0. The molecule has 0 heterocycles. The maximum atomic E-state index is 13.6. The molecule has 0 amide bonds. The normalized spacial score (nSPS) is 11.4. The van der Waals surface area contributed by atoms with E-state index in [2.05, 4.69) is 4.74 Å². The average Bonchev–Trinajstić information content (AvgIpc) is 2.31. The van der Waals surface area contributed by atoms with E-state index in [0.717, 1.165) is 36.4 Å². The highest BCUT2D eigenvalue weighted by atomic mass is 19.4. The number of nitrogen functional groups attached to an aromatic ring is 1. The third kappa shape index (κ3) is 3.17. The van der Waals surface area contributed by atoms with Crippen LogP contribution in [0.25, 0.3) is 11.1 Å². The number of anilines is 1. The average molecular weight is 289 g/mol. The van der Waals surface area contributed by atoms with Crippen molar-refractivity contribution in [2.75, 3.05) is 5.73 Å². The number of benzene rings is 2. The minimum absolute atomic E-state index is 0.0801. The van der Waals surface area contributed by atoms with Crippen molar-refractivity contribution in [1.29, 1.82) is 0 Å². The number of hydrogen-bond donors (Lipinski definition) is 1. The predicted octanol–water partition coefficient (Wildman–Crippen LogP) is 4.11. The lowest BCUT2D eigenvalue weighted by atomic mass is 10.0. The van der Waals surface area contributed by atoms with Crippen LogP contribution in [0.2, 0.25) is 0 Å². The highest BCUT2D eigenvalue weighted by Gasteiger charge is 2.31. The van der Waals surface area contributed by atoms with Gasteiger partial charge in [0.25, 0.3) is 0 Å². The summed E-state index contributed by atoms with van der Waals surface area (Å²) in [6.45, 7) is 0. The summed E-state index contributed by atoms with van der Waals surface area (Å²) >= 11 is 0. The van der Waals surface area contributed by atoms with Gasteiger partial charge in [0, 0.05) is 22.9 Å². The van der Waals surface area contributed by atoms with Gasteiger partial charge in [0.1, 0.15) is 17.4 Å². The first-order valence-corrected chi connectivity index (χ1v) is 5.37. The Balaban J connectivity index is 2.42. The predicted molar refractivity (Wildman–Crippen MR) is 62.9 cm³/mol. The van der Waals surface area contributed by atoms with Gasteiger partial charge >= 0.3 is 6.36 Å². The number of hydrogen-bond acceptors (Lipinski definition) is 2. The van der Waals surface area contributed by atoms with Crippen molar-refractivity contribution < 1.29 is 26.7 Å². The Morgan fingerprint density at radius 3 is 2.20 bits per heavy atom. The summed E-state index contributed by atoms with van der Waals surface area (Å²) in [4.78, 5) is 0. The van der Waals surface area contributed by atoms with Gasteiger partial charge in [0.05, 0.1) is 0 Å². The monoisotopic (exact) mass is 289 g/mol. The van der Waals surface area contributed by atoms with Crippen molar-refractivity contribution in [3.63, 3.8) is 0 Å². The molecule has 2 nitrogen and oxygen atoms in total. The van der Waals surface area contributed by atoms with Gasteiger partial charge in [-0.25, -0.2) is 8.78 Å². The molecule has 0 aliphatic heterocycles. The number of nitrogens with two attached hydrogens (primary N) is 1. The lowest BCUT2D eigenvalue weighted by Gasteiger charge is -2.12. The summed E-state index contributed by atoms with van der Waals surface area (Å²) in [6, 6.07) is 5.75. The van der Waals surface area contributed by atoms with E-state index in [-0.39, 0.29) is 16.8 Å². The van der Waals surface area contributed by atoms with Crippen LogP contribution in [0.4, 0.5) is 27.6 Å². The Morgan fingerprint density at radius 1 is 0.900 bits per heavy atom. The Morgan fingerprint density at radius 2 is 1.60 bits per heavy atom. The second-order valence-electron chi connectivity index (χ2n) is 3.92. The zero-order valence-electron chi connectivity index (χ0n) is 9.84. The van der Waals surface area contributed by atoms with Gasteiger partial charge < -0.3 is 10.5 Å². The molecule has 0 aromatic heterocycles. The third-order valence-corrected chi connectivity index (χ3v) is 2.48. The van der Waals surface area contributed by atoms with E-state index >= 15 is 0 Å². The van der Waals surface area contributed by atoms with E-state index < -0.39 is 23.7 Å². The SMILES string of the molecule is Nc1cc(OC(F)(F)F)ccc1-c1cc(F)ccc1F. The van der Waals surface area contributed by atoms with Gasteiger partial charge in [-0.2, -0.15) is 0 Å². The van der Waals surface area contributed by atoms with E-state index in [1.54, 1.807) is 0 Å². The first-order chi connectivity index (χ1) is 9.26. The van der Waals surface area contributed by atoms with Crippen LogP contribution in [-0.2, 0) is 0 Å². The molecule has 2 N–H and O–H groups in total. The molecule has 106 valence electrons. The minimum atomic E-state index is -4.85. The molecule has 2 aromatic rings. The number of ether oxygens (including phenoxy) is 1.